The summed E-state index contributed by atoms with van der Waals surface area (Å²) >= 11 is 0. The van der Waals surface area contributed by atoms with Gasteiger partial charge < -0.3 is 9.47 Å². The Bertz CT molecular complexity index is 439. The topological polar surface area (TPSA) is 35.5 Å². The molecule has 0 spiro atoms. The molecule has 0 amide bonds. The van der Waals surface area contributed by atoms with Crippen molar-refractivity contribution in [3.63, 3.8) is 0 Å². The zero-order chi connectivity index (χ0) is 13.7. The van der Waals surface area contributed by atoms with Crippen LogP contribution in [0.5, 0.6) is 0 Å². The van der Waals surface area contributed by atoms with Crippen molar-refractivity contribution in [3.8, 4) is 0 Å². The van der Waals surface area contributed by atoms with Gasteiger partial charge in [0.05, 0.1) is 25.4 Å². The van der Waals surface area contributed by atoms with E-state index in [1.165, 1.54) is 38.5 Å². The van der Waals surface area contributed by atoms with E-state index >= 15 is 0 Å². The Balaban J connectivity index is 1.94. The minimum absolute atomic E-state index is 0.0380. The fraction of sp³-hybridized carbons (Fsp3) is 0.533. The first-order valence-electron chi connectivity index (χ1n) is 6.69. The van der Waals surface area contributed by atoms with Gasteiger partial charge in [0.25, 0.3) is 0 Å². The average Bonchev–Trinajstić information content (AvgIpc) is 2.45. The number of carbonyl (C=O) groups excluding carboxylic acids is 1. The maximum Gasteiger partial charge on any atom is 0.340 e. The van der Waals surface area contributed by atoms with Gasteiger partial charge in [-0.2, -0.15) is 0 Å². The van der Waals surface area contributed by atoms with E-state index in [1.54, 1.807) is 6.07 Å². The second-order valence-electron chi connectivity index (χ2n) is 4.88. The highest BCUT2D eigenvalue weighted by molar-refractivity contribution is 5.89. The van der Waals surface area contributed by atoms with Gasteiger partial charge in [0.15, 0.2) is 0 Å². The van der Waals surface area contributed by atoms with Crippen molar-refractivity contribution < 1.29 is 18.7 Å². The summed E-state index contributed by atoms with van der Waals surface area (Å²) in [6, 6.07) is 4.49. The molecule has 2 rings (SSSR count). The average molecular weight is 266 g/mol. The minimum atomic E-state index is -0.655. The zero-order valence-electron chi connectivity index (χ0n) is 11.2. The van der Waals surface area contributed by atoms with Crippen LogP contribution in [0.2, 0.25) is 0 Å². The van der Waals surface area contributed by atoms with Crippen LogP contribution in [0.4, 0.5) is 4.39 Å². The molecular formula is C15H19FO3. The second kappa shape index (κ2) is 6.66. The Morgan fingerprint density at radius 3 is 2.68 bits per heavy atom. The van der Waals surface area contributed by atoms with Gasteiger partial charge in [-0.25, -0.2) is 9.18 Å². The third-order valence-corrected chi connectivity index (χ3v) is 3.48. The Labute approximate surface area is 112 Å². The molecule has 1 aliphatic carbocycles. The van der Waals surface area contributed by atoms with E-state index in [9.17, 15) is 9.18 Å². The van der Waals surface area contributed by atoms with Crippen molar-refractivity contribution in [2.75, 3.05) is 7.11 Å². The van der Waals surface area contributed by atoms with E-state index < -0.39 is 11.8 Å². The summed E-state index contributed by atoms with van der Waals surface area (Å²) in [4.78, 5) is 11.3. The van der Waals surface area contributed by atoms with Crippen LogP contribution in [0.25, 0.3) is 0 Å². The van der Waals surface area contributed by atoms with E-state index in [-0.39, 0.29) is 11.7 Å². The summed E-state index contributed by atoms with van der Waals surface area (Å²) in [7, 11) is 1.24. The minimum Gasteiger partial charge on any atom is -0.465 e. The third kappa shape index (κ3) is 3.77. The highest BCUT2D eigenvalue weighted by Crippen LogP contribution is 2.22. The van der Waals surface area contributed by atoms with Gasteiger partial charge in [-0.15, -0.1) is 0 Å². The van der Waals surface area contributed by atoms with Crippen molar-refractivity contribution in [1.82, 2.24) is 0 Å². The number of benzene rings is 1. The van der Waals surface area contributed by atoms with Gasteiger partial charge >= 0.3 is 5.97 Å². The molecule has 3 nitrogen and oxygen atoms in total. The fourth-order valence-corrected chi connectivity index (χ4v) is 2.37. The van der Waals surface area contributed by atoms with Crippen LogP contribution in [-0.4, -0.2) is 19.2 Å². The molecule has 0 aromatic heterocycles. The van der Waals surface area contributed by atoms with Crippen molar-refractivity contribution in [3.05, 3.63) is 35.1 Å². The molecule has 0 bridgehead atoms. The quantitative estimate of drug-likeness (QED) is 0.783. The summed E-state index contributed by atoms with van der Waals surface area (Å²) in [5.74, 6) is -1.21. The molecule has 104 valence electrons. The monoisotopic (exact) mass is 266 g/mol. The van der Waals surface area contributed by atoms with Crippen LogP contribution in [-0.2, 0) is 16.1 Å². The van der Waals surface area contributed by atoms with E-state index in [0.29, 0.717) is 6.61 Å². The molecule has 4 heteroatoms. The maximum atomic E-state index is 13.7. The zero-order valence-corrected chi connectivity index (χ0v) is 11.2. The number of carbonyl (C=O) groups is 1. The maximum absolute atomic E-state index is 13.7. The molecule has 0 aliphatic heterocycles. The standard InChI is InChI=1S/C15H19FO3/c1-18-15(17)13-8-7-11(9-14(13)16)10-19-12-5-3-2-4-6-12/h7-9,12H,2-6,10H2,1H3. The van der Waals surface area contributed by atoms with Crippen LogP contribution in [0, 0.1) is 5.82 Å². The molecule has 19 heavy (non-hydrogen) atoms. The smallest absolute Gasteiger partial charge is 0.340 e. The lowest BCUT2D eigenvalue weighted by Gasteiger charge is -2.22. The number of hydrogen-bond donors (Lipinski definition) is 0. The molecule has 0 atom stereocenters. The first-order chi connectivity index (χ1) is 9.20. The lowest BCUT2D eigenvalue weighted by atomic mass is 9.98. The van der Waals surface area contributed by atoms with Gasteiger partial charge in [0, 0.05) is 0 Å². The molecule has 0 heterocycles. The first kappa shape index (κ1) is 14.0. The number of rotatable bonds is 4. The molecule has 1 fully saturated rings. The van der Waals surface area contributed by atoms with Gasteiger partial charge in [-0.1, -0.05) is 25.3 Å². The predicted molar refractivity (Wildman–Crippen MR) is 69.4 cm³/mol. The number of halogens is 1. The molecule has 0 N–H and O–H groups in total. The molecular weight excluding hydrogens is 247 g/mol. The van der Waals surface area contributed by atoms with Gasteiger partial charge in [-0.05, 0) is 30.5 Å². The summed E-state index contributed by atoms with van der Waals surface area (Å²) < 4.78 is 24.0. The number of esters is 1. The highest BCUT2D eigenvalue weighted by Gasteiger charge is 2.15. The fourth-order valence-electron chi connectivity index (χ4n) is 2.37. The molecule has 1 aromatic carbocycles. The van der Waals surface area contributed by atoms with E-state index in [0.717, 1.165) is 18.4 Å². The molecule has 1 saturated carbocycles. The van der Waals surface area contributed by atoms with Crippen molar-refractivity contribution >= 4 is 5.97 Å². The number of methoxy groups -OCH3 is 1. The molecule has 1 aliphatic rings. The number of hydrogen-bond acceptors (Lipinski definition) is 3. The molecule has 0 radical (unpaired) electrons. The van der Waals surface area contributed by atoms with Crippen LogP contribution in [0.15, 0.2) is 18.2 Å². The second-order valence-corrected chi connectivity index (χ2v) is 4.88. The van der Waals surface area contributed by atoms with Gasteiger partial charge in [0.1, 0.15) is 5.82 Å². The lowest BCUT2D eigenvalue weighted by molar-refractivity contribution is 0.0167. The van der Waals surface area contributed by atoms with Crippen LogP contribution in [0.1, 0.15) is 48.0 Å². The Morgan fingerprint density at radius 2 is 2.05 bits per heavy atom. The predicted octanol–water partition coefficient (Wildman–Crippen LogP) is 3.46. The van der Waals surface area contributed by atoms with Crippen LogP contribution < -0.4 is 0 Å². The van der Waals surface area contributed by atoms with Crippen LogP contribution in [0.3, 0.4) is 0 Å². The molecule has 1 aromatic rings. The Morgan fingerprint density at radius 1 is 1.32 bits per heavy atom. The third-order valence-electron chi connectivity index (χ3n) is 3.48. The summed E-state index contributed by atoms with van der Waals surface area (Å²) in [6.45, 7) is 0.392. The van der Waals surface area contributed by atoms with E-state index in [2.05, 4.69) is 4.74 Å². The molecule has 0 saturated heterocycles. The summed E-state index contributed by atoms with van der Waals surface area (Å²) in [6.07, 6.45) is 6.16. The van der Waals surface area contributed by atoms with Crippen molar-refractivity contribution in [2.24, 2.45) is 0 Å². The molecule has 0 unspecified atom stereocenters. The van der Waals surface area contributed by atoms with E-state index in [4.69, 9.17) is 4.74 Å². The van der Waals surface area contributed by atoms with Crippen molar-refractivity contribution in [1.29, 1.82) is 0 Å². The normalized spacial score (nSPS) is 16.3. The highest BCUT2D eigenvalue weighted by atomic mass is 19.1. The van der Waals surface area contributed by atoms with E-state index in [1.807, 2.05) is 0 Å². The SMILES string of the molecule is COC(=O)c1ccc(COC2CCCCC2)cc1F. The van der Waals surface area contributed by atoms with Gasteiger partial charge in [-0.3, -0.25) is 0 Å². The Kier molecular flexibility index (Phi) is 4.91. The van der Waals surface area contributed by atoms with Crippen LogP contribution >= 0.6 is 0 Å². The van der Waals surface area contributed by atoms with Crippen molar-refractivity contribution in [2.45, 2.75) is 44.8 Å². The first-order valence-corrected chi connectivity index (χ1v) is 6.69. The largest absolute Gasteiger partial charge is 0.465 e. The summed E-state index contributed by atoms with van der Waals surface area (Å²) in [5, 5.41) is 0. The number of ether oxygens (including phenoxy) is 2. The lowest BCUT2D eigenvalue weighted by Crippen LogP contribution is -2.16. The van der Waals surface area contributed by atoms with Gasteiger partial charge in [0.2, 0.25) is 0 Å². The Hall–Kier alpha value is -1.42. The summed E-state index contributed by atoms with van der Waals surface area (Å²) in [5.41, 5.74) is 0.708.